The second kappa shape index (κ2) is 42.7. The zero-order chi connectivity index (χ0) is 51.6. The van der Waals surface area contributed by atoms with Crippen LogP contribution >= 0.6 is 21.6 Å². The number of hydrogen-bond donors (Lipinski definition) is 9. The third-order valence-corrected chi connectivity index (χ3v) is 13.2. The van der Waals surface area contributed by atoms with E-state index < -0.39 is 48.0 Å². The van der Waals surface area contributed by atoms with E-state index in [1.54, 1.807) is 6.92 Å². The van der Waals surface area contributed by atoms with Gasteiger partial charge in [0.2, 0.25) is 23.6 Å². The molecule has 0 bridgehead atoms. The van der Waals surface area contributed by atoms with Crippen LogP contribution in [0.5, 0.6) is 0 Å². The number of carbonyl (C=O) groups excluding carboxylic acids is 6. The molecule has 0 aromatic heterocycles. The van der Waals surface area contributed by atoms with Gasteiger partial charge in [-0.05, 0) is 26.2 Å². The monoisotopic (exact) mass is 1040 g/mol. The summed E-state index contributed by atoms with van der Waals surface area (Å²) in [7, 11) is 2.67. The topological polar surface area (TPSA) is 323 Å². The average Bonchev–Trinajstić information content (AvgIpc) is 3.38. The number of unbranched alkanes of at least 4 members (excludes halogenated alkanes) is 13. The van der Waals surface area contributed by atoms with Gasteiger partial charge in [-0.3, -0.25) is 49.0 Å². The molecule has 4 amide bonds. The Morgan fingerprint density at radius 1 is 0.586 bits per heavy atom. The highest BCUT2D eigenvalue weighted by molar-refractivity contribution is 8.76. The number of Topliss-reactive ketones (excluding diaryl/α,β-unsaturated/α-hetero) is 2. The fourth-order valence-electron chi connectivity index (χ4n) is 6.81. The number of ether oxygens (including phenoxy) is 4. The van der Waals surface area contributed by atoms with Crippen molar-refractivity contribution in [1.29, 1.82) is 0 Å². The second-order valence-electron chi connectivity index (χ2n) is 16.9. The van der Waals surface area contributed by atoms with Crippen molar-refractivity contribution in [3.63, 3.8) is 0 Å². The van der Waals surface area contributed by atoms with E-state index >= 15 is 0 Å². The van der Waals surface area contributed by atoms with Gasteiger partial charge in [-0.15, -0.1) is 0 Å². The molecule has 22 nitrogen and oxygen atoms in total. The van der Waals surface area contributed by atoms with Gasteiger partial charge in [0, 0.05) is 43.9 Å². The summed E-state index contributed by atoms with van der Waals surface area (Å²) in [6.07, 6.45) is 15.3. The minimum atomic E-state index is -1.20. The van der Waals surface area contributed by atoms with Gasteiger partial charge in [0.05, 0.1) is 64.8 Å². The Hall–Kier alpha value is -3.91. The molecule has 1 aliphatic rings. The van der Waals surface area contributed by atoms with Crippen molar-refractivity contribution >= 4 is 74.7 Å². The van der Waals surface area contributed by atoms with Crippen LogP contribution in [0.1, 0.15) is 122 Å². The summed E-state index contributed by atoms with van der Waals surface area (Å²) in [5.74, 6) is -4.52. The van der Waals surface area contributed by atoms with E-state index in [1.165, 1.54) is 60.1 Å². The molecular weight excluding hydrogens is 957 g/mol. The normalized spacial score (nSPS) is 16.5. The Kier molecular flexibility index (Phi) is 39.1. The minimum absolute atomic E-state index is 0.0453. The number of nitrogens with one attached hydrogen (secondary N) is 6. The average molecular weight is 1040 g/mol. The fraction of sp³-hybridized carbons (Fsp3) is 0.804. The lowest BCUT2D eigenvalue weighted by Crippen LogP contribution is -2.53. The molecule has 0 saturated carbocycles. The van der Waals surface area contributed by atoms with Gasteiger partial charge in [-0.25, -0.2) is 4.79 Å². The first kappa shape index (κ1) is 64.1. The lowest BCUT2D eigenvalue weighted by atomic mass is 10.0. The maximum Gasteiger partial charge on any atom is 0.326 e. The molecule has 24 heteroatoms. The summed E-state index contributed by atoms with van der Waals surface area (Å²) >= 11 is 0. The number of carboxylic acid groups (broad SMARTS) is 3. The van der Waals surface area contributed by atoms with Gasteiger partial charge < -0.3 is 55.5 Å². The Morgan fingerprint density at radius 2 is 1.07 bits per heavy atom. The van der Waals surface area contributed by atoms with Gasteiger partial charge in [0.1, 0.15) is 25.3 Å². The van der Waals surface area contributed by atoms with Crippen molar-refractivity contribution < 1.29 is 77.4 Å². The van der Waals surface area contributed by atoms with Crippen LogP contribution < -0.4 is 31.9 Å². The van der Waals surface area contributed by atoms with Crippen LogP contribution in [0.3, 0.4) is 0 Å². The summed E-state index contributed by atoms with van der Waals surface area (Å²) in [5.41, 5.74) is 0. The molecule has 0 aromatic carbocycles. The van der Waals surface area contributed by atoms with E-state index in [0.29, 0.717) is 12.2 Å². The van der Waals surface area contributed by atoms with Gasteiger partial charge in [0.25, 0.3) is 0 Å². The maximum absolute atomic E-state index is 12.8. The lowest BCUT2D eigenvalue weighted by Gasteiger charge is -2.21. The van der Waals surface area contributed by atoms with Gasteiger partial charge in [-0.2, -0.15) is 0 Å². The van der Waals surface area contributed by atoms with E-state index in [-0.39, 0.29) is 140 Å². The second-order valence-corrected chi connectivity index (χ2v) is 19.4. The Bertz CT molecular complexity index is 1550. The molecule has 1 aliphatic heterocycles. The van der Waals surface area contributed by atoms with Crippen LogP contribution in [0.25, 0.3) is 0 Å². The highest BCUT2D eigenvalue weighted by atomic mass is 33.1. The van der Waals surface area contributed by atoms with Crippen molar-refractivity contribution in [2.45, 2.75) is 147 Å². The van der Waals surface area contributed by atoms with E-state index in [0.717, 1.165) is 44.9 Å². The summed E-state index contributed by atoms with van der Waals surface area (Å²) in [6, 6.07) is -3.41. The maximum atomic E-state index is 12.8. The molecule has 1 unspecified atom stereocenters. The number of amides is 4. The van der Waals surface area contributed by atoms with Crippen molar-refractivity contribution in [3.8, 4) is 0 Å². The van der Waals surface area contributed by atoms with Crippen LogP contribution in [0.4, 0.5) is 0 Å². The Morgan fingerprint density at radius 3 is 1.60 bits per heavy atom. The van der Waals surface area contributed by atoms with Crippen molar-refractivity contribution in [2.75, 3.05) is 90.5 Å². The lowest BCUT2D eigenvalue weighted by molar-refractivity contribution is -0.142. The number of hydrogen-bond acceptors (Lipinski definition) is 17. The van der Waals surface area contributed by atoms with Gasteiger partial charge in [0.15, 0.2) is 11.6 Å². The van der Waals surface area contributed by atoms with Crippen LogP contribution in [0.15, 0.2) is 0 Å². The molecule has 4 atom stereocenters. The highest BCUT2D eigenvalue weighted by Crippen LogP contribution is 2.25. The van der Waals surface area contributed by atoms with Crippen LogP contribution in [-0.2, 0) is 62.1 Å². The van der Waals surface area contributed by atoms with Crippen molar-refractivity contribution in [1.82, 2.24) is 31.9 Å². The molecule has 0 radical (unpaired) electrons. The summed E-state index contributed by atoms with van der Waals surface area (Å²) < 4.78 is 21.3. The van der Waals surface area contributed by atoms with E-state index in [2.05, 4.69) is 31.9 Å². The number of carboxylic acids is 3. The Labute approximate surface area is 419 Å². The SMILES string of the molecule is CC1N[C@H](C(=O)O)CSSC[C@H](NCC(=O)CNC(=O)COCCOCCNC(=O)COCCOCCNC(=O)CC[C@@H](NC(=O)CCCCCCCCCCCCCCCCC(=O)O)C(=O)O)C1=O. The highest BCUT2D eigenvalue weighted by Gasteiger charge is 2.30. The van der Waals surface area contributed by atoms with E-state index in [4.69, 9.17) is 24.1 Å². The molecule has 1 fully saturated rings. The fourth-order valence-corrected chi connectivity index (χ4v) is 9.19. The molecule has 0 aromatic rings. The quantitative estimate of drug-likeness (QED) is 0.0311. The first-order valence-electron chi connectivity index (χ1n) is 24.6. The first-order valence-corrected chi connectivity index (χ1v) is 27.0. The minimum Gasteiger partial charge on any atom is -0.481 e. The van der Waals surface area contributed by atoms with Crippen molar-refractivity contribution in [2.24, 2.45) is 0 Å². The van der Waals surface area contributed by atoms with E-state index in [1.807, 2.05) is 0 Å². The molecule has 402 valence electrons. The standard InChI is InChI=1S/C46H80N6O16S2/c1-34-44(60)37(32-69-70-33-38(51-34)46(63)64)49-28-35(53)29-50-42(57)31-68-27-25-66-23-21-48-41(56)30-67-26-24-65-22-20-47-39(54)19-18-36(45(61)62)52-40(55)16-14-12-10-8-6-4-2-3-5-7-9-11-13-15-17-43(58)59/h34,36-38,49,51H,2-33H2,1H3,(H,47,54)(H,48,56)(H,50,57)(H,52,55)(H,58,59)(H,61,62)(H,63,64)/t34?,36-,37+,38+/m1/s1. The smallest absolute Gasteiger partial charge is 0.326 e. The summed E-state index contributed by atoms with van der Waals surface area (Å²) in [6.45, 7) is 1.95. The largest absolute Gasteiger partial charge is 0.481 e. The third-order valence-electron chi connectivity index (χ3n) is 10.8. The van der Waals surface area contributed by atoms with Gasteiger partial charge in [-0.1, -0.05) is 98.6 Å². The first-order chi connectivity index (χ1) is 33.7. The number of carbonyl (C=O) groups is 9. The molecule has 0 spiro atoms. The predicted molar refractivity (Wildman–Crippen MR) is 263 cm³/mol. The number of rotatable bonds is 44. The summed E-state index contributed by atoms with van der Waals surface area (Å²) in [5, 5.41) is 43.5. The molecule has 0 aliphatic carbocycles. The van der Waals surface area contributed by atoms with E-state index in [9.17, 15) is 53.4 Å². The van der Waals surface area contributed by atoms with Crippen molar-refractivity contribution in [3.05, 3.63) is 0 Å². The third kappa shape index (κ3) is 36.9. The molecule has 1 heterocycles. The predicted octanol–water partition coefficient (Wildman–Crippen LogP) is 2.00. The molecule has 1 rings (SSSR count). The van der Waals surface area contributed by atoms with Gasteiger partial charge >= 0.3 is 17.9 Å². The zero-order valence-electron chi connectivity index (χ0n) is 40.9. The molecule has 70 heavy (non-hydrogen) atoms. The summed E-state index contributed by atoms with van der Waals surface area (Å²) in [4.78, 5) is 107. The molecule has 9 N–H and O–H groups in total. The number of ketones is 2. The molecular formula is C46H80N6O16S2. The van der Waals surface area contributed by atoms with Crippen LogP contribution in [0.2, 0.25) is 0 Å². The molecule has 1 saturated heterocycles. The Balaban J connectivity index is 1.96. The van der Waals surface area contributed by atoms with Crippen LogP contribution in [-0.4, -0.2) is 183 Å². The number of aliphatic carboxylic acids is 3. The zero-order valence-corrected chi connectivity index (χ0v) is 42.5. The van der Waals surface area contributed by atoms with Crippen LogP contribution in [0, 0.1) is 0 Å².